The molecule has 1 unspecified atom stereocenters. The van der Waals surface area contributed by atoms with Crippen LogP contribution in [-0.4, -0.2) is 57.1 Å². The summed E-state index contributed by atoms with van der Waals surface area (Å²) in [5, 5.41) is 3.01. The van der Waals surface area contributed by atoms with Crippen molar-refractivity contribution < 1.29 is 19.2 Å². The van der Waals surface area contributed by atoms with Gasteiger partial charge in [-0.1, -0.05) is 48.0 Å². The molecule has 0 aliphatic carbocycles. The van der Waals surface area contributed by atoms with Gasteiger partial charge in [-0.25, -0.2) is 0 Å². The van der Waals surface area contributed by atoms with Crippen LogP contribution in [0.25, 0.3) is 0 Å². The van der Waals surface area contributed by atoms with Gasteiger partial charge in [-0.05, 0) is 37.5 Å². The Morgan fingerprint density at radius 2 is 1.67 bits per heavy atom. The maximum absolute atomic E-state index is 12.9. The van der Waals surface area contributed by atoms with E-state index in [1.165, 1.54) is 5.56 Å². The third-order valence-corrected chi connectivity index (χ3v) is 4.99. The number of carbonyl (C=O) groups is 2. The molecule has 0 bridgehead atoms. The molecule has 2 N–H and O–H groups in total. The second-order valence-corrected chi connectivity index (χ2v) is 7.93. The molecule has 2 aromatic carbocycles. The number of nitrogens with one attached hydrogen (secondary N) is 2. The summed E-state index contributed by atoms with van der Waals surface area (Å²) in [6, 6.07) is 14.0. The minimum absolute atomic E-state index is 0.00361. The van der Waals surface area contributed by atoms with Gasteiger partial charge in [0.05, 0.1) is 13.7 Å². The molecule has 162 valence electrons. The third kappa shape index (κ3) is 7.28. The number of nitrogens with zero attached hydrogens (tertiary/aromatic N) is 1. The summed E-state index contributed by atoms with van der Waals surface area (Å²) in [7, 11) is 3.49. The monoisotopic (exact) mass is 412 g/mol. The van der Waals surface area contributed by atoms with Crippen LogP contribution in [0, 0.1) is 20.8 Å². The van der Waals surface area contributed by atoms with Crippen molar-refractivity contribution in [2.75, 3.05) is 45.7 Å². The van der Waals surface area contributed by atoms with Crippen LogP contribution >= 0.6 is 0 Å². The number of carbonyl (C=O) groups excluding carboxylic acids is 2. The molecule has 6 heteroatoms. The Bertz CT molecular complexity index is 829. The Labute approximate surface area is 179 Å². The minimum Gasteiger partial charge on any atom is -0.383 e. The molecule has 0 heterocycles. The molecule has 1 atom stereocenters. The van der Waals surface area contributed by atoms with E-state index in [2.05, 4.69) is 17.4 Å². The number of benzene rings is 2. The Balaban J connectivity index is 1.94. The van der Waals surface area contributed by atoms with Gasteiger partial charge in [-0.3, -0.25) is 9.59 Å². The zero-order chi connectivity index (χ0) is 22.1. The first-order chi connectivity index (χ1) is 14.3. The molecule has 0 spiro atoms. The molecule has 0 aromatic heterocycles. The average Bonchev–Trinajstić information content (AvgIpc) is 2.68. The number of likely N-dealkylation sites (N-methyl/N-ethyl adjacent to an activating group) is 1. The lowest BCUT2D eigenvalue weighted by atomic mass is 10.1. The predicted octanol–water partition coefficient (Wildman–Crippen LogP) is 1.74. The number of anilines is 1. The van der Waals surface area contributed by atoms with Gasteiger partial charge in [-0.15, -0.1) is 0 Å². The molecule has 2 rings (SSSR count). The van der Waals surface area contributed by atoms with Crippen molar-refractivity contribution in [3.05, 3.63) is 64.7 Å². The summed E-state index contributed by atoms with van der Waals surface area (Å²) in [4.78, 5) is 28.0. The highest BCUT2D eigenvalue weighted by atomic mass is 16.5. The Kier molecular flexibility index (Phi) is 9.02. The van der Waals surface area contributed by atoms with Gasteiger partial charge in [0.15, 0.2) is 13.1 Å². The standard InChI is InChI=1S/C24H33N3O3/c1-18-13-19(2)24(20(3)14-18)25-22(28)16-26(4)17-23(29)27(11-12-30-5)15-21-9-7-6-8-10-21/h6-10,13-14H,11-12,15-17H2,1-5H3,(H,25,28)/p+1. The van der Waals surface area contributed by atoms with Crippen LogP contribution in [0.3, 0.4) is 0 Å². The van der Waals surface area contributed by atoms with Gasteiger partial charge in [0.1, 0.15) is 0 Å². The fourth-order valence-corrected chi connectivity index (χ4v) is 3.56. The third-order valence-electron chi connectivity index (χ3n) is 4.99. The zero-order valence-corrected chi connectivity index (χ0v) is 18.7. The molecule has 0 fully saturated rings. The summed E-state index contributed by atoms with van der Waals surface area (Å²) >= 11 is 0. The summed E-state index contributed by atoms with van der Waals surface area (Å²) in [5.74, 6) is -0.0919. The number of methoxy groups -OCH3 is 1. The van der Waals surface area contributed by atoms with E-state index < -0.39 is 0 Å². The molecule has 2 amide bonds. The molecule has 30 heavy (non-hydrogen) atoms. The van der Waals surface area contributed by atoms with Crippen molar-refractivity contribution >= 4 is 17.5 Å². The highest BCUT2D eigenvalue weighted by molar-refractivity contribution is 5.93. The summed E-state index contributed by atoms with van der Waals surface area (Å²) < 4.78 is 5.16. The molecular weight excluding hydrogens is 378 g/mol. The normalized spacial score (nSPS) is 11.8. The van der Waals surface area contributed by atoms with Crippen LogP contribution in [0.15, 0.2) is 42.5 Å². The van der Waals surface area contributed by atoms with E-state index in [1.807, 2.05) is 58.2 Å². The van der Waals surface area contributed by atoms with Crippen LogP contribution in [-0.2, 0) is 20.9 Å². The lowest BCUT2D eigenvalue weighted by molar-refractivity contribution is -0.862. The number of hydrogen-bond donors (Lipinski definition) is 2. The summed E-state index contributed by atoms with van der Waals surface area (Å²) in [6.07, 6.45) is 0. The van der Waals surface area contributed by atoms with E-state index in [9.17, 15) is 9.59 Å². The number of quaternary nitrogens is 1. The van der Waals surface area contributed by atoms with Crippen LogP contribution < -0.4 is 10.2 Å². The molecule has 0 saturated heterocycles. The number of rotatable bonds is 10. The van der Waals surface area contributed by atoms with E-state index in [4.69, 9.17) is 4.74 Å². The van der Waals surface area contributed by atoms with Crippen LogP contribution in [0.4, 0.5) is 5.69 Å². The van der Waals surface area contributed by atoms with Crippen molar-refractivity contribution in [1.82, 2.24) is 4.90 Å². The molecule has 6 nitrogen and oxygen atoms in total. The summed E-state index contributed by atoms with van der Waals surface area (Å²) in [6.45, 7) is 8.03. The lowest BCUT2D eigenvalue weighted by Gasteiger charge is -2.24. The van der Waals surface area contributed by atoms with E-state index in [0.717, 1.165) is 27.3 Å². The van der Waals surface area contributed by atoms with Crippen molar-refractivity contribution in [1.29, 1.82) is 0 Å². The average molecular weight is 413 g/mol. The van der Waals surface area contributed by atoms with Gasteiger partial charge in [0.2, 0.25) is 0 Å². The van der Waals surface area contributed by atoms with Gasteiger partial charge in [0, 0.05) is 25.9 Å². The Morgan fingerprint density at radius 1 is 1.03 bits per heavy atom. The maximum Gasteiger partial charge on any atom is 0.279 e. The van der Waals surface area contributed by atoms with Gasteiger partial charge in [0.25, 0.3) is 11.8 Å². The molecule has 0 aliphatic heterocycles. The van der Waals surface area contributed by atoms with Gasteiger partial charge in [-0.2, -0.15) is 0 Å². The van der Waals surface area contributed by atoms with Crippen LogP contribution in [0.5, 0.6) is 0 Å². The fraction of sp³-hybridized carbons (Fsp3) is 0.417. The molecule has 0 radical (unpaired) electrons. The van der Waals surface area contributed by atoms with Crippen molar-refractivity contribution in [2.45, 2.75) is 27.3 Å². The number of ether oxygens (including phenoxy) is 1. The topological polar surface area (TPSA) is 63.1 Å². The second-order valence-electron chi connectivity index (χ2n) is 7.93. The fourth-order valence-electron chi connectivity index (χ4n) is 3.56. The highest BCUT2D eigenvalue weighted by Gasteiger charge is 2.20. The van der Waals surface area contributed by atoms with E-state index in [1.54, 1.807) is 12.0 Å². The largest absolute Gasteiger partial charge is 0.383 e. The van der Waals surface area contributed by atoms with Crippen LogP contribution in [0.2, 0.25) is 0 Å². The van der Waals surface area contributed by atoms with Crippen molar-refractivity contribution in [3.8, 4) is 0 Å². The first-order valence-corrected chi connectivity index (χ1v) is 10.3. The first-order valence-electron chi connectivity index (χ1n) is 10.3. The smallest absolute Gasteiger partial charge is 0.279 e. The maximum atomic E-state index is 12.9. The minimum atomic E-state index is -0.0955. The number of hydrogen-bond acceptors (Lipinski definition) is 3. The van der Waals surface area contributed by atoms with Gasteiger partial charge >= 0.3 is 0 Å². The quantitative estimate of drug-likeness (QED) is 0.625. The Hall–Kier alpha value is -2.70. The lowest BCUT2D eigenvalue weighted by Crippen LogP contribution is -3.11. The van der Waals surface area contributed by atoms with Crippen molar-refractivity contribution in [2.24, 2.45) is 0 Å². The van der Waals surface area contributed by atoms with E-state index in [0.29, 0.717) is 19.7 Å². The molecular formula is C24H34N3O3+. The van der Waals surface area contributed by atoms with E-state index >= 15 is 0 Å². The predicted molar refractivity (Wildman–Crippen MR) is 120 cm³/mol. The van der Waals surface area contributed by atoms with E-state index in [-0.39, 0.29) is 24.9 Å². The van der Waals surface area contributed by atoms with Crippen molar-refractivity contribution in [3.63, 3.8) is 0 Å². The second kappa shape index (κ2) is 11.5. The molecule has 2 aromatic rings. The number of aryl methyl sites for hydroxylation is 3. The van der Waals surface area contributed by atoms with Crippen LogP contribution in [0.1, 0.15) is 22.3 Å². The van der Waals surface area contributed by atoms with Gasteiger partial charge < -0.3 is 19.9 Å². The molecule has 0 saturated carbocycles. The number of amides is 2. The highest BCUT2D eigenvalue weighted by Crippen LogP contribution is 2.21. The SMILES string of the molecule is COCCN(Cc1ccccc1)C(=O)C[NH+](C)CC(=O)Nc1c(C)cc(C)cc1C. The molecule has 0 aliphatic rings. The first kappa shape index (κ1) is 23.6. The summed E-state index contributed by atoms with van der Waals surface area (Å²) in [5.41, 5.74) is 5.19. The Morgan fingerprint density at radius 3 is 2.27 bits per heavy atom. The zero-order valence-electron chi connectivity index (χ0n) is 18.7.